The van der Waals surface area contributed by atoms with E-state index in [2.05, 4.69) is 11.6 Å². The van der Waals surface area contributed by atoms with Gasteiger partial charge in [0.05, 0.1) is 5.71 Å². The number of allylic oxidation sites excluding steroid dienone is 10. The fourth-order valence-electron chi connectivity index (χ4n) is 1.05. The van der Waals surface area contributed by atoms with Gasteiger partial charge >= 0.3 is 0 Å². The maximum absolute atomic E-state index is 4.29. The normalized spacial score (nSPS) is 19.3. The highest BCUT2D eigenvalue weighted by Gasteiger charge is 1.97. The number of aliphatic imine (C=N–C) groups is 1. The Balaban J connectivity index is 2.54. The van der Waals surface area contributed by atoms with Crippen LogP contribution in [0.25, 0.3) is 0 Å². The van der Waals surface area contributed by atoms with E-state index < -0.39 is 0 Å². The van der Waals surface area contributed by atoms with Crippen molar-refractivity contribution in [3.05, 3.63) is 73.0 Å². The first-order valence-corrected chi connectivity index (χ1v) is 4.91. The second-order valence-corrected chi connectivity index (χ2v) is 3.01. The quantitative estimate of drug-likeness (QED) is 0.611. The molecule has 1 nitrogen and oxygen atoms in total. The van der Waals surface area contributed by atoms with E-state index in [1.807, 2.05) is 61.6 Å². The SMILES string of the molecule is C=C1C=CC=CC1=N/C=C/C=C\C=C\C. The van der Waals surface area contributed by atoms with Crippen molar-refractivity contribution in [2.45, 2.75) is 6.92 Å². The summed E-state index contributed by atoms with van der Waals surface area (Å²) in [5.74, 6) is 0. The van der Waals surface area contributed by atoms with Crippen molar-refractivity contribution >= 4 is 5.71 Å². The Morgan fingerprint density at radius 1 is 1.07 bits per heavy atom. The summed E-state index contributed by atoms with van der Waals surface area (Å²) in [6.07, 6.45) is 19.3. The molecule has 0 aliphatic heterocycles. The molecule has 1 heteroatoms. The number of hydrogen-bond acceptors (Lipinski definition) is 1. The van der Waals surface area contributed by atoms with Crippen LogP contribution in [0.3, 0.4) is 0 Å². The average molecular weight is 197 g/mol. The summed E-state index contributed by atoms with van der Waals surface area (Å²) in [4.78, 5) is 4.29. The highest BCUT2D eigenvalue weighted by atomic mass is 14.7. The van der Waals surface area contributed by atoms with Gasteiger partial charge in [-0.1, -0.05) is 49.1 Å². The summed E-state index contributed by atoms with van der Waals surface area (Å²) in [7, 11) is 0. The van der Waals surface area contributed by atoms with Gasteiger partial charge in [-0.25, -0.2) is 0 Å². The fourth-order valence-corrected chi connectivity index (χ4v) is 1.05. The molecule has 0 saturated heterocycles. The highest BCUT2D eigenvalue weighted by molar-refractivity contribution is 6.11. The predicted molar refractivity (Wildman–Crippen MR) is 67.9 cm³/mol. The Bertz CT molecular complexity index is 388. The minimum absolute atomic E-state index is 0.910. The molecule has 15 heavy (non-hydrogen) atoms. The van der Waals surface area contributed by atoms with Crippen molar-refractivity contribution in [3.8, 4) is 0 Å². The van der Waals surface area contributed by atoms with Gasteiger partial charge in [0.1, 0.15) is 0 Å². The molecule has 0 N–H and O–H groups in total. The van der Waals surface area contributed by atoms with E-state index in [4.69, 9.17) is 0 Å². The van der Waals surface area contributed by atoms with Crippen molar-refractivity contribution in [1.29, 1.82) is 0 Å². The van der Waals surface area contributed by atoms with Crippen LogP contribution in [0.2, 0.25) is 0 Å². The van der Waals surface area contributed by atoms with E-state index in [1.165, 1.54) is 0 Å². The zero-order chi connectivity index (χ0) is 10.9. The molecular weight excluding hydrogens is 182 g/mol. The van der Waals surface area contributed by atoms with E-state index in [0.717, 1.165) is 11.3 Å². The summed E-state index contributed by atoms with van der Waals surface area (Å²) in [5, 5.41) is 0. The van der Waals surface area contributed by atoms with Crippen molar-refractivity contribution in [1.82, 2.24) is 0 Å². The largest absolute Gasteiger partial charge is 0.256 e. The van der Waals surface area contributed by atoms with Crippen LogP contribution in [0.4, 0.5) is 0 Å². The van der Waals surface area contributed by atoms with Gasteiger partial charge in [-0.2, -0.15) is 0 Å². The summed E-state index contributed by atoms with van der Waals surface area (Å²) in [6, 6.07) is 0. The zero-order valence-corrected chi connectivity index (χ0v) is 8.93. The summed E-state index contributed by atoms with van der Waals surface area (Å²) >= 11 is 0. The van der Waals surface area contributed by atoms with Gasteiger partial charge in [-0.3, -0.25) is 4.99 Å². The molecule has 0 amide bonds. The lowest BCUT2D eigenvalue weighted by molar-refractivity contribution is 1.53. The van der Waals surface area contributed by atoms with E-state index in [0.29, 0.717) is 0 Å². The second-order valence-electron chi connectivity index (χ2n) is 3.01. The van der Waals surface area contributed by atoms with Crippen LogP contribution in [-0.2, 0) is 0 Å². The van der Waals surface area contributed by atoms with Gasteiger partial charge in [-0.05, 0) is 24.6 Å². The van der Waals surface area contributed by atoms with Crippen LogP contribution >= 0.6 is 0 Å². The van der Waals surface area contributed by atoms with Crippen molar-refractivity contribution in [2.24, 2.45) is 4.99 Å². The fraction of sp³-hybridized carbons (Fsp3) is 0.0714. The molecule has 1 aliphatic rings. The first kappa shape index (κ1) is 11.2. The molecule has 0 fully saturated rings. The summed E-state index contributed by atoms with van der Waals surface area (Å²) in [6.45, 7) is 5.88. The lowest BCUT2D eigenvalue weighted by Gasteiger charge is -2.01. The van der Waals surface area contributed by atoms with E-state index in [-0.39, 0.29) is 0 Å². The third-order valence-electron chi connectivity index (χ3n) is 1.82. The third-order valence-corrected chi connectivity index (χ3v) is 1.82. The smallest absolute Gasteiger partial charge is 0.0695 e. The van der Waals surface area contributed by atoms with Crippen LogP contribution in [0, 0.1) is 0 Å². The molecule has 0 atom stereocenters. The van der Waals surface area contributed by atoms with E-state index in [9.17, 15) is 0 Å². The Morgan fingerprint density at radius 2 is 1.80 bits per heavy atom. The van der Waals surface area contributed by atoms with Crippen molar-refractivity contribution in [2.75, 3.05) is 0 Å². The minimum Gasteiger partial charge on any atom is -0.256 e. The standard InChI is InChI=1S/C14H15N/c1-3-4-5-6-9-12-15-14-11-8-7-10-13(14)2/h3-12H,2H2,1H3/b4-3+,6-5-,12-9+,15-14?. The molecule has 76 valence electrons. The summed E-state index contributed by atoms with van der Waals surface area (Å²) in [5.41, 5.74) is 1.85. The van der Waals surface area contributed by atoms with E-state index in [1.54, 1.807) is 6.20 Å². The maximum Gasteiger partial charge on any atom is 0.0695 e. The molecule has 0 aromatic carbocycles. The van der Waals surface area contributed by atoms with Crippen LogP contribution in [0.1, 0.15) is 6.92 Å². The zero-order valence-electron chi connectivity index (χ0n) is 8.93. The molecule has 0 aromatic rings. The van der Waals surface area contributed by atoms with Gasteiger partial charge in [0.25, 0.3) is 0 Å². The molecule has 1 aliphatic carbocycles. The van der Waals surface area contributed by atoms with Gasteiger partial charge in [0.2, 0.25) is 0 Å². The Morgan fingerprint density at radius 3 is 2.53 bits per heavy atom. The Hall–Kier alpha value is -1.89. The average Bonchev–Trinajstić information content (AvgIpc) is 2.25. The molecule has 0 heterocycles. The summed E-state index contributed by atoms with van der Waals surface area (Å²) < 4.78 is 0. The highest BCUT2D eigenvalue weighted by Crippen LogP contribution is 2.05. The molecule has 0 unspecified atom stereocenters. The topological polar surface area (TPSA) is 12.4 Å². The van der Waals surface area contributed by atoms with Gasteiger partial charge < -0.3 is 0 Å². The molecule has 0 saturated carbocycles. The Labute approximate surface area is 91.2 Å². The lowest BCUT2D eigenvalue weighted by Crippen LogP contribution is -1.96. The second kappa shape index (κ2) is 6.55. The van der Waals surface area contributed by atoms with Gasteiger partial charge in [0, 0.05) is 6.20 Å². The molecule has 0 bridgehead atoms. The lowest BCUT2D eigenvalue weighted by atomic mass is 10.1. The van der Waals surface area contributed by atoms with Crippen LogP contribution in [0.15, 0.2) is 78.0 Å². The van der Waals surface area contributed by atoms with Crippen molar-refractivity contribution in [3.63, 3.8) is 0 Å². The van der Waals surface area contributed by atoms with Gasteiger partial charge in [-0.15, -0.1) is 0 Å². The van der Waals surface area contributed by atoms with Gasteiger partial charge in [0.15, 0.2) is 0 Å². The minimum atomic E-state index is 0.910. The monoisotopic (exact) mass is 197 g/mol. The van der Waals surface area contributed by atoms with Crippen LogP contribution in [-0.4, -0.2) is 5.71 Å². The predicted octanol–water partition coefficient (Wildman–Crippen LogP) is 3.76. The number of hydrogen-bond donors (Lipinski definition) is 0. The van der Waals surface area contributed by atoms with E-state index >= 15 is 0 Å². The Kier molecular flexibility index (Phi) is 4.88. The first-order valence-electron chi connectivity index (χ1n) is 4.91. The van der Waals surface area contributed by atoms with Crippen LogP contribution < -0.4 is 0 Å². The number of rotatable bonds is 3. The number of nitrogens with zero attached hydrogens (tertiary/aromatic N) is 1. The molecule has 0 spiro atoms. The molecule has 0 radical (unpaired) electrons. The molecule has 0 aromatic heterocycles. The molecule has 1 rings (SSSR count). The van der Waals surface area contributed by atoms with Crippen molar-refractivity contribution < 1.29 is 0 Å². The molecular formula is C14H15N. The first-order chi connectivity index (χ1) is 7.34. The maximum atomic E-state index is 4.29. The third kappa shape index (κ3) is 4.23. The van der Waals surface area contributed by atoms with Crippen LogP contribution in [0.5, 0.6) is 0 Å².